The first-order valence-electron chi connectivity index (χ1n) is 9.13. The van der Waals surface area contributed by atoms with Crippen molar-refractivity contribution < 1.29 is 5.11 Å². The first kappa shape index (κ1) is 15.6. The number of phenols is 1. The number of nitrogens with zero attached hydrogens (tertiary/aromatic N) is 4. The standard InChI is InChI=1S/C19H26N4O/c1-14(12-15-2-6-18(24)7-3-15)22-10-8-17(9-11-22)23-13-19(20-21-23)16-4-5-16/h2-3,6-7,13-14,16-17,24H,4-5,8-12H2,1H3/t14-/m1/s1. The van der Waals surface area contributed by atoms with E-state index in [2.05, 4.69) is 33.0 Å². The fraction of sp³-hybridized carbons (Fsp3) is 0.579. The van der Waals surface area contributed by atoms with Crippen LogP contribution in [0.5, 0.6) is 5.75 Å². The van der Waals surface area contributed by atoms with Gasteiger partial charge in [-0.25, -0.2) is 4.68 Å². The third-order valence-corrected chi connectivity index (χ3v) is 5.49. The van der Waals surface area contributed by atoms with Crippen molar-refractivity contribution in [2.24, 2.45) is 0 Å². The summed E-state index contributed by atoms with van der Waals surface area (Å²) >= 11 is 0. The molecule has 0 amide bonds. The topological polar surface area (TPSA) is 54.2 Å². The van der Waals surface area contributed by atoms with Gasteiger partial charge in [0.1, 0.15) is 5.75 Å². The third kappa shape index (κ3) is 3.46. The van der Waals surface area contributed by atoms with Crippen molar-refractivity contribution in [2.45, 2.75) is 57.0 Å². The van der Waals surface area contributed by atoms with E-state index in [1.807, 2.05) is 12.1 Å². The van der Waals surface area contributed by atoms with Crippen LogP contribution in [0, 0.1) is 0 Å². The van der Waals surface area contributed by atoms with Crippen molar-refractivity contribution in [3.63, 3.8) is 0 Å². The number of hydrogen-bond acceptors (Lipinski definition) is 4. The monoisotopic (exact) mass is 326 g/mol. The van der Waals surface area contributed by atoms with Crippen molar-refractivity contribution in [3.8, 4) is 5.75 Å². The Morgan fingerprint density at radius 3 is 2.50 bits per heavy atom. The predicted octanol–water partition coefficient (Wildman–Crippen LogP) is 3.13. The van der Waals surface area contributed by atoms with E-state index in [4.69, 9.17) is 0 Å². The molecule has 1 atom stereocenters. The number of phenolic OH excluding ortho intramolecular Hbond substituents is 1. The van der Waals surface area contributed by atoms with Crippen molar-refractivity contribution >= 4 is 0 Å². The minimum atomic E-state index is 0.339. The van der Waals surface area contributed by atoms with Crippen molar-refractivity contribution in [1.29, 1.82) is 0 Å². The van der Waals surface area contributed by atoms with E-state index < -0.39 is 0 Å². The van der Waals surface area contributed by atoms with E-state index in [0.717, 1.165) is 32.4 Å². The summed E-state index contributed by atoms with van der Waals surface area (Å²) in [6.07, 6.45) is 8.07. The zero-order valence-electron chi connectivity index (χ0n) is 14.3. The normalized spacial score (nSPS) is 21.0. The van der Waals surface area contributed by atoms with Crippen molar-refractivity contribution in [3.05, 3.63) is 41.7 Å². The summed E-state index contributed by atoms with van der Waals surface area (Å²) in [6.45, 7) is 4.53. The van der Waals surface area contributed by atoms with Gasteiger partial charge in [-0.2, -0.15) is 0 Å². The maximum atomic E-state index is 9.39. The van der Waals surface area contributed by atoms with Gasteiger partial charge in [0.25, 0.3) is 0 Å². The molecule has 1 N–H and O–H groups in total. The SMILES string of the molecule is C[C@H](Cc1ccc(O)cc1)N1CCC(n2cc(C3CC3)nn2)CC1. The molecule has 0 radical (unpaired) electrons. The van der Waals surface area contributed by atoms with Gasteiger partial charge in [-0.15, -0.1) is 5.10 Å². The summed E-state index contributed by atoms with van der Waals surface area (Å²) in [6, 6.07) is 8.61. The average Bonchev–Trinajstić information content (AvgIpc) is 3.34. The van der Waals surface area contributed by atoms with Gasteiger partial charge in [-0.05, 0) is 56.7 Å². The molecule has 1 aliphatic heterocycles. The Kier molecular flexibility index (Phi) is 4.27. The van der Waals surface area contributed by atoms with Gasteiger partial charge in [0.2, 0.25) is 0 Å². The van der Waals surface area contributed by atoms with Crippen LogP contribution >= 0.6 is 0 Å². The fourth-order valence-electron chi connectivity index (χ4n) is 3.73. The molecule has 0 spiro atoms. The lowest BCUT2D eigenvalue weighted by Crippen LogP contribution is -2.41. The molecule has 5 heteroatoms. The van der Waals surface area contributed by atoms with Crippen LogP contribution < -0.4 is 0 Å². The van der Waals surface area contributed by atoms with Crippen LogP contribution in [-0.2, 0) is 6.42 Å². The number of benzene rings is 1. The summed E-state index contributed by atoms with van der Waals surface area (Å²) in [7, 11) is 0. The van der Waals surface area contributed by atoms with E-state index in [1.165, 1.54) is 24.1 Å². The minimum Gasteiger partial charge on any atom is -0.508 e. The van der Waals surface area contributed by atoms with Crippen LogP contribution in [0.15, 0.2) is 30.5 Å². The summed E-state index contributed by atoms with van der Waals surface area (Å²) in [5, 5.41) is 18.1. The Morgan fingerprint density at radius 2 is 1.83 bits per heavy atom. The average molecular weight is 326 g/mol. The molecular formula is C19H26N4O. The fourth-order valence-corrected chi connectivity index (χ4v) is 3.73. The van der Waals surface area contributed by atoms with E-state index in [-0.39, 0.29) is 0 Å². The Balaban J connectivity index is 1.30. The van der Waals surface area contributed by atoms with Gasteiger partial charge in [0.15, 0.2) is 0 Å². The predicted molar refractivity (Wildman–Crippen MR) is 93.1 cm³/mol. The summed E-state index contributed by atoms with van der Waals surface area (Å²) in [4.78, 5) is 2.57. The maximum absolute atomic E-state index is 9.39. The van der Waals surface area contributed by atoms with Crippen LogP contribution in [0.2, 0.25) is 0 Å². The Hall–Kier alpha value is -1.88. The molecule has 0 unspecified atom stereocenters. The van der Waals surface area contributed by atoms with Gasteiger partial charge < -0.3 is 10.0 Å². The quantitative estimate of drug-likeness (QED) is 0.917. The second-order valence-electron chi connectivity index (χ2n) is 7.38. The highest BCUT2D eigenvalue weighted by molar-refractivity contribution is 5.26. The second-order valence-corrected chi connectivity index (χ2v) is 7.38. The van der Waals surface area contributed by atoms with Crippen LogP contribution in [0.4, 0.5) is 0 Å². The highest BCUT2D eigenvalue weighted by atomic mass is 16.3. The molecular weight excluding hydrogens is 300 g/mol. The number of piperidine rings is 1. The highest BCUT2D eigenvalue weighted by Gasteiger charge is 2.29. The molecule has 5 nitrogen and oxygen atoms in total. The molecule has 1 aromatic heterocycles. The number of aromatic hydroxyl groups is 1. The van der Waals surface area contributed by atoms with Gasteiger partial charge in [0.05, 0.1) is 11.7 Å². The zero-order valence-corrected chi connectivity index (χ0v) is 14.3. The Bertz CT molecular complexity index is 669. The lowest BCUT2D eigenvalue weighted by molar-refractivity contribution is 0.137. The van der Waals surface area contributed by atoms with E-state index in [0.29, 0.717) is 23.8 Å². The number of rotatable bonds is 5. The van der Waals surface area contributed by atoms with Crippen molar-refractivity contribution in [1.82, 2.24) is 19.9 Å². The molecule has 2 fully saturated rings. The molecule has 1 aliphatic carbocycles. The van der Waals surface area contributed by atoms with Crippen LogP contribution in [0.3, 0.4) is 0 Å². The second kappa shape index (κ2) is 6.55. The van der Waals surface area contributed by atoms with E-state index in [1.54, 1.807) is 12.1 Å². The van der Waals surface area contributed by atoms with Gasteiger partial charge >= 0.3 is 0 Å². The lowest BCUT2D eigenvalue weighted by atomic mass is 10.00. The Morgan fingerprint density at radius 1 is 1.12 bits per heavy atom. The lowest BCUT2D eigenvalue weighted by Gasteiger charge is -2.36. The molecule has 2 aliphatic rings. The highest BCUT2D eigenvalue weighted by Crippen LogP contribution is 2.39. The zero-order chi connectivity index (χ0) is 16.5. The van der Waals surface area contributed by atoms with Crippen LogP contribution in [0.25, 0.3) is 0 Å². The van der Waals surface area contributed by atoms with Crippen molar-refractivity contribution in [2.75, 3.05) is 13.1 Å². The first-order valence-corrected chi connectivity index (χ1v) is 9.13. The van der Waals surface area contributed by atoms with E-state index >= 15 is 0 Å². The minimum absolute atomic E-state index is 0.339. The molecule has 0 bridgehead atoms. The van der Waals surface area contributed by atoms with Crippen LogP contribution in [0.1, 0.15) is 55.8 Å². The summed E-state index contributed by atoms with van der Waals surface area (Å²) in [5.74, 6) is 1.02. The largest absolute Gasteiger partial charge is 0.508 e. The Labute approximate surface area is 143 Å². The van der Waals surface area contributed by atoms with E-state index in [9.17, 15) is 5.11 Å². The van der Waals surface area contributed by atoms with Gasteiger partial charge in [-0.3, -0.25) is 0 Å². The molecule has 24 heavy (non-hydrogen) atoms. The first-order chi connectivity index (χ1) is 11.7. The molecule has 2 heterocycles. The smallest absolute Gasteiger partial charge is 0.115 e. The van der Waals surface area contributed by atoms with Gasteiger partial charge in [-0.1, -0.05) is 17.3 Å². The molecule has 128 valence electrons. The maximum Gasteiger partial charge on any atom is 0.115 e. The molecule has 1 aromatic carbocycles. The summed E-state index contributed by atoms with van der Waals surface area (Å²) < 4.78 is 2.11. The number of hydrogen-bond donors (Lipinski definition) is 1. The molecule has 1 saturated carbocycles. The number of likely N-dealkylation sites (tertiary alicyclic amines) is 1. The van der Waals surface area contributed by atoms with Gasteiger partial charge in [0, 0.05) is 31.2 Å². The summed E-state index contributed by atoms with van der Waals surface area (Å²) in [5.41, 5.74) is 2.48. The molecule has 2 aromatic rings. The third-order valence-electron chi connectivity index (χ3n) is 5.49. The molecule has 1 saturated heterocycles. The molecule has 4 rings (SSSR count). The number of aromatic nitrogens is 3. The van der Waals surface area contributed by atoms with Crippen LogP contribution in [-0.4, -0.2) is 44.1 Å².